The number of aromatic nitrogens is 2. The summed E-state index contributed by atoms with van der Waals surface area (Å²) in [5, 5.41) is 2.92. The van der Waals surface area contributed by atoms with Gasteiger partial charge in [0.15, 0.2) is 5.43 Å². The van der Waals surface area contributed by atoms with Crippen molar-refractivity contribution in [2.75, 3.05) is 13.2 Å². The van der Waals surface area contributed by atoms with Gasteiger partial charge in [-0.3, -0.25) is 9.59 Å². The predicted molar refractivity (Wildman–Crippen MR) is 91.8 cm³/mol. The molecule has 3 heterocycles. The van der Waals surface area contributed by atoms with Crippen molar-refractivity contribution in [3.05, 3.63) is 58.1 Å². The Morgan fingerprint density at radius 3 is 3.00 bits per heavy atom. The lowest BCUT2D eigenvalue weighted by Gasteiger charge is -2.32. The van der Waals surface area contributed by atoms with E-state index in [9.17, 15) is 9.59 Å². The Morgan fingerprint density at radius 2 is 2.24 bits per heavy atom. The molecule has 1 aliphatic heterocycles. The fourth-order valence-corrected chi connectivity index (χ4v) is 2.79. The largest absolute Gasteiger partial charge is 0.472 e. The third-order valence-corrected chi connectivity index (χ3v) is 4.27. The van der Waals surface area contributed by atoms with E-state index in [1.807, 2.05) is 12.1 Å². The molecule has 2 aromatic rings. The molecule has 132 valence electrons. The van der Waals surface area contributed by atoms with E-state index in [1.165, 1.54) is 12.1 Å². The zero-order chi connectivity index (χ0) is 17.8. The van der Waals surface area contributed by atoms with Crippen molar-refractivity contribution in [3.63, 3.8) is 0 Å². The smallest absolute Gasteiger partial charge is 0.268 e. The summed E-state index contributed by atoms with van der Waals surface area (Å²) >= 11 is 0. The lowest BCUT2D eigenvalue weighted by molar-refractivity contribution is -0.00460. The van der Waals surface area contributed by atoms with Crippen LogP contribution in [-0.4, -0.2) is 40.8 Å². The average molecular weight is 343 g/mol. The number of amides is 1. The van der Waals surface area contributed by atoms with Crippen LogP contribution in [0.2, 0.25) is 0 Å². The van der Waals surface area contributed by atoms with Crippen molar-refractivity contribution in [1.82, 2.24) is 14.9 Å². The van der Waals surface area contributed by atoms with Gasteiger partial charge in [-0.05, 0) is 13.0 Å². The SMILES string of the molecule is Cc1cc(=O)cc(C(=O)N[C@@H]2COCC[C@H]2Oc2ccccn2)n1C. The summed E-state index contributed by atoms with van der Waals surface area (Å²) in [6, 6.07) is 7.94. The number of hydrogen-bond donors (Lipinski definition) is 1. The molecule has 1 saturated heterocycles. The highest BCUT2D eigenvalue weighted by Gasteiger charge is 2.30. The number of pyridine rings is 2. The second kappa shape index (κ2) is 7.48. The van der Waals surface area contributed by atoms with E-state index < -0.39 is 0 Å². The highest BCUT2D eigenvalue weighted by atomic mass is 16.5. The maximum atomic E-state index is 12.6. The van der Waals surface area contributed by atoms with E-state index in [2.05, 4.69) is 10.3 Å². The fourth-order valence-electron chi connectivity index (χ4n) is 2.79. The molecule has 1 aliphatic rings. The quantitative estimate of drug-likeness (QED) is 0.897. The van der Waals surface area contributed by atoms with Crippen molar-refractivity contribution in [2.24, 2.45) is 7.05 Å². The third-order valence-electron chi connectivity index (χ3n) is 4.27. The normalized spacial score (nSPS) is 20.1. The molecule has 1 N–H and O–H groups in total. The van der Waals surface area contributed by atoms with Gasteiger partial charge in [-0.15, -0.1) is 0 Å². The van der Waals surface area contributed by atoms with Gasteiger partial charge < -0.3 is 19.4 Å². The Labute approximate surface area is 145 Å². The van der Waals surface area contributed by atoms with E-state index in [1.54, 1.807) is 30.8 Å². The molecule has 0 radical (unpaired) electrons. The minimum atomic E-state index is -0.326. The van der Waals surface area contributed by atoms with Crippen LogP contribution < -0.4 is 15.5 Å². The zero-order valence-corrected chi connectivity index (χ0v) is 14.3. The summed E-state index contributed by atoms with van der Waals surface area (Å²) in [5.41, 5.74) is 0.841. The van der Waals surface area contributed by atoms with Gasteiger partial charge >= 0.3 is 0 Å². The number of hydrogen-bond acceptors (Lipinski definition) is 5. The first-order valence-electron chi connectivity index (χ1n) is 8.18. The standard InChI is InChI=1S/C18H21N3O4/c1-12-9-13(22)10-15(21(12)2)18(23)20-14-11-24-8-6-16(14)25-17-5-3-4-7-19-17/h3-5,7,9-10,14,16H,6,8,11H2,1-2H3,(H,20,23)/t14-,16-/m1/s1. The Balaban J connectivity index is 1.75. The Morgan fingerprint density at radius 1 is 1.40 bits per heavy atom. The maximum Gasteiger partial charge on any atom is 0.268 e. The number of ether oxygens (including phenoxy) is 2. The predicted octanol–water partition coefficient (Wildman–Crippen LogP) is 1.06. The highest BCUT2D eigenvalue weighted by molar-refractivity contribution is 5.92. The lowest BCUT2D eigenvalue weighted by Crippen LogP contribution is -2.52. The van der Waals surface area contributed by atoms with Crippen LogP contribution in [0.3, 0.4) is 0 Å². The second-order valence-corrected chi connectivity index (χ2v) is 6.04. The van der Waals surface area contributed by atoms with E-state index in [4.69, 9.17) is 9.47 Å². The summed E-state index contributed by atoms with van der Waals surface area (Å²) in [5.74, 6) is 0.185. The Hall–Kier alpha value is -2.67. The third kappa shape index (κ3) is 4.06. The highest BCUT2D eigenvalue weighted by Crippen LogP contribution is 2.16. The average Bonchev–Trinajstić information content (AvgIpc) is 2.60. The molecular weight excluding hydrogens is 322 g/mol. The van der Waals surface area contributed by atoms with Gasteiger partial charge in [0.25, 0.3) is 5.91 Å². The van der Waals surface area contributed by atoms with Crippen LogP contribution in [0.25, 0.3) is 0 Å². The van der Waals surface area contributed by atoms with E-state index in [0.29, 0.717) is 31.2 Å². The van der Waals surface area contributed by atoms with Crippen LogP contribution in [0.1, 0.15) is 22.6 Å². The molecule has 0 saturated carbocycles. The number of carbonyl (C=O) groups is 1. The van der Waals surface area contributed by atoms with Gasteiger partial charge in [0.2, 0.25) is 5.88 Å². The fraction of sp³-hybridized carbons (Fsp3) is 0.389. The molecule has 1 fully saturated rings. The van der Waals surface area contributed by atoms with Gasteiger partial charge in [-0.1, -0.05) is 6.07 Å². The van der Waals surface area contributed by atoms with E-state index >= 15 is 0 Å². The van der Waals surface area contributed by atoms with Gasteiger partial charge in [0.05, 0.1) is 19.3 Å². The van der Waals surface area contributed by atoms with Crippen LogP contribution in [-0.2, 0) is 11.8 Å². The van der Waals surface area contributed by atoms with Gasteiger partial charge in [0.1, 0.15) is 11.8 Å². The van der Waals surface area contributed by atoms with Crippen LogP contribution in [0.5, 0.6) is 5.88 Å². The molecule has 7 nitrogen and oxygen atoms in total. The molecule has 2 atom stereocenters. The van der Waals surface area contributed by atoms with Crippen LogP contribution >= 0.6 is 0 Å². The lowest BCUT2D eigenvalue weighted by atomic mass is 10.1. The topological polar surface area (TPSA) is 82.5 Å². The van der Waals surface area contributed by atoms with Crippen LogP contribution in [0, 0.1) is 6.92 Å². The minimum absolute atomic E-state index is 0.193. The number of aryl methyl sites for hydroxylation is 1. The first-order chi connectivity index (χ1) is 12.0. The van der Waals surface area contributed by atoms with E-state index in [0.717, 1.165) is 5.69 Å². The van der Waals surface area contributed by atoms with E-state index in [-0.39, 0.29) is 23.5 Å². The molecule has 7 heteroatoms. The van der Waals surface area contributed by atoms with Crippen LogP contribution in [0.4, 0.5) is 0 Å². The molecule has 0 unspecified atom stereocenters. The molecule has 0 aromatic carbocycles. The van der Waals surface area contributed by atoms with Gasteiger partial charge in [-0.25, -0.2) is 4.98 Å². The van der Waals surface area contributed by atoms with Crippen molar-refractivity contribution in [1.29, 1.82) is 0 Å². The van der Waals surface area contributed by atoms with Crippen molar-refractivity contribution in [3.8, 4) is 5.88 Å². The number of nitrogens with zero attached hydrogens (tertiary/aromatic N) is 2. The molecule has 0 bridgehead atoms. The molecular formula is C18H21N3O4. The summed E-state index contributed by atoms with van der Waals surface area (Å²) in [4.78, 5) is 28.5. The molecule has 3 rings (SSSR count). The zero-order valence-electron chi connectivity index (χ0n) is 14.3. The second-order valence-electron chi connectivity index (χ2n) is 6.04. The Kier molecular flexibility index (Phi) is 5.14. The number of nitrogens with one attached hydrogen (secondary N) is 1. The number of rotatable bonds is 4. The van der Waals surface area contributed by atoms with Crippen molar-refractivity contribution >= 4 is 5.91 Å². The summed E-state index contributed by atoms with van der Waals surface area (Å²) in [6.07, 6.45) is 2.06. The van der Waals surface area contributed by atoms with Crippen molar-refractivity contribution < 1.29 is 14.3 Å². The summed E-state index contributed by atoms with van der Waals surface area (Å²) < 4.78 is 13.1. The maximum absolute atomic E-state index is 12.6. The number of carbonyl (C=O) groups excluding carboxylic acids is 1. The Bertz CT molecular complexity index is 804. The van der Waals surface area contributed by atoms with Gasteiger partial charge in [-0.2, -0.15) is 0 Å². The molecule has 0 aliphatic carbocycles. The van der Waals surface area contributed by atoms with Crippen LogP contribution in [0.15, 0.2) is 41.3 Å². The summed E-state index contributed by atoms with van der Waals surface area (Å²) in [7, 11) is 1.75. The first kappa shape index (κ1) is 17.2. The monoisotopic (exact) mass is 343 g/mol. The molecule has 2 aromatic heterocycles. The van der Waals surface area contributed by atoms with Gasteiger partial charge in [0, 0.05) is 43.6 Å². The van der Waals surface area contributed by atoms with Crippen molar-refractivity contribution in [2.45, 2.75) is 25.5 Å². The molecule has 25 heavy (non-hydrogen) atoms. The molecule has 1 amide bonds. The molecule has 0 spiro atoms. The summed E-state index contributed by atoms with van der Waals surface area (Å²) in [6.45, 7) is 2.70. The first-order valence-corrected chi connectivity index (χ1v) is 8.18. The minimum Gasteiger partial charge on any atom is -0.472 e.